The first-order valence-corrected chi connectivity index (χ1v) is 18.5. The van der Waals surface area contributed by atoms with Gasteiger partial charge in [0.1, 0.15) is 22.3 Å². The first-order chi connectivity index (χ1) is 27.2. The highest BCUT2D eigenvalue weighted by Gasteiger charge is 2.20. The van der Waals surface area contributed by atoms with Gasteiger partial charge in [-0.05, 0) is 69.4 Å². The molecule has 0 spiro atoms. The van der Waals surface area contributed by atoms with E-state index < -0.39 is 0 Å². The number of benzene rings is 8. The van der Waals surface area contributed by atoms with E-state index >= 15 is 0 Å². The van der Waals surface area contributed by atoms with E-state index in [-0.39, 0.29) is 0 Å². The van der Waals surface area contributed by atoms with Crippen molar-refractivity contribution in [1.82, 2.24) is 15.0 Å². The summed E-state index contributed by atoms with van der Waals surface area (Å²) in [6, 6.07) is 57.8. The van der Waals surface area contributed by atoms with E-state index in [9.17, 15) is 0 Å². The Morgan fingerprint density at radius 1 is 0.327 bits per heavy atom. The molecule has 8 aromatic carbocycles. The topological polar surface area (TPSA) is 65.0 Å². The molecule has 0 unspecified atom stereocenters. The van der Waals surface area contributed by atoms with E-state index in [2.05, 4.69) is 78.9 Å². The quantitative estimate of drug-likeness (QED) is 0.177. The number of hydrogen-bond acceptors (Lipinski definition) is 5. The molecule has 0 aliphatic carbocycles. The van der Waals surface area contributed by atoms with E-state index in [4.69, 9.17) is 35.4 Å². The predicted molar refractivity (Wildman–Crippen MR) is 224 cm³/mol. The van der Waals surface area contributed by atoms with Crippen LogP contribution in [-0.2, 0) is 0 Å². The van der Waals surface area contributed by atoms with Gasteiger partial charge < -0.3 is 8.83 Å². The SMILES string of the molecule is Clc1ccc2c(c1)oc1cccc(-c3ccc(-c4ccc(-c5nc(-c6ccccc6)nc(-c6cccc7oc8ccccc8c67)n5)c5ccccc45)cc3)c12. The van der Waals surface area contributed by atoms with Gasteiger partial charge in [0.05, 0.1) is 0 Å². The lowest BCUT2D eigenvalue weighted by Crippen LogP contribution is -2.01. The predicted octanol–water partition coefficient (Wildman–Crippen LogP) is 13.8. The molecule has 0 atom stereocenters. The Morgan fingerprint density at radius 3 is 1.62 bits per heavy atom. The van der Waals surface area contributed by atoms with Crippen LogP contribution in [0.15, 0.2) is 179 Å². The molecule has 11 aromatic rings. The molecule has 0 bridgehead atoms. The van der Waals surface area contributed by atoms with Crippen molar-refractivity contribution in [2.24, 2.45) is 0 Å². The second-order valence-electron chi connectivity index (χ2n) is 13.7. The standard InChI is InChI=1S/C49H28ClN3O2/c50-32-24-25-39-44(28-32)55-42-18-8-15-34(45(39)42)30-22-20-29(21-23-30)33-26-27-37(36-13-5-4-12-35(33)36)48-51-47(31-10-2-1-3-11-31)52-49(53-48)40-16-9-19-43-46(40)38-14-6-7-17-41(38)54-43/h1-28H. The normalized spacial score (nSPS) is 11.7. The van der Waals surface area contributed by atoms with Gasteiger partial charge in [-0.25, -0.2) is 15.0 Å². The number of halogens is 1. The lowest BCUT2D eigenvalue weighted by Gasteiger charge is -2.14. The number of aromatic nitrogens is 3. The van der Waals surface area contributed by atoms with Crippen molar-refractivity contribution in [3.05, 3.63) is 175 Å². The minimum atomic E-state index is 0.591. The molecule has 3 heterocycles. The van der Waals surface area contributed by atoms with Crippen LogP contribution in [0.25, 0.3) is 111 Å². The number of fused-ring (bicyclic) bond motifs is 7. The van der Waals surface area contributed by atoms with Gasteiger partial charge in [0, 0.05) is 49.3 Å². The molecule has 6 heteroatoms. The van der Waals surface area contributed by atoms with Gasteiger partial charge in [0.25, 0.3) is 0 Å². The maximum atomic E-state index is 6.29. The van der Waals surface area contributed by atoms with Crippen LogP contribution < -0.4 is 0 Å². The summed E-state index contributed by atoms with van der Waals surface area (Å²) in [6.07, 6.45) is 0. The van der Waals surface area contributed by atoms with Crippen molar-refractivity contribution in [3.8, 4) is 56.4 Å². The maximum absolute atomic E-state index is 6.29. The van der Waals surface area contributed by atoms with Gasteiger partial charge in [-0.3, -0.25) is 0 Å². The van der Waals surface area contributed by atoms with Crippen LogP contribution in [0, 0.1) is 0 Å². The average molecular weight is 726 g/mol. The summed E-state index contributed by atoms with van der Waals surface area (Å²) < 4.78 is 12.4. The Hall–Kier alpha value is -7.08. The fourth-order valence-corrected chi connectivity index (χ4v) is 8.07. The van der Waals surface area contributed by atoms with Crippen molar-refractivity contribution in [2.45, 2.75) is 0 Å². The van der Waals surface area contributed by atoms with E-state index in [1.165, 1.54) is 0 Å². The molecule has 0 amide bonds. The van der Waals surface area contributed by atoms with E-state index in [0.717, 1.165) is 93.6 Å². The Balaban J connectivity index is 1.05. The summed E-state index contributed by atoms with van der Waals surface area (Å²) in [4.78, 5) is 15.4. The van der Waals surface area contributed by atoms with Crippen molar-refractivity contribution in [3.63, 3.8) is 0 Å². The van der Waals surface area contributed by atoms with Crippen molar-refractivity contribution >= 4 is 66.3 Å². The molecule has 0 N–H and O–H groups in total. The molecular weight excluding hydrogens is 698 g/mol. The smallest absolute Gasteiger partial charge is 0.164 e. The fraction of sp³-hybridized carbons (Fsp3) is 0. The fourth-order valence-electron chi connectivity index (χ4n) is 7.91. The Morgan fingerprint density at radius 2 is 0.855 bits per heavy atom. The summed E-state index contributed by atoms with van der Waals surface area (Å²) in [6.45, 7) is 0. The first-order valence-electron chi connectivity index (χ1n) is 18.1. The summed E-state index contributed by atoms with van der Waals surface area (Å²) in [5, 5.41) is 6.97. The molecule has 55 heavy (non-hydrogen) atoms. The Bertz CT molecular complexity index is 3280. The molecule has 5 nitrogen and oxygen atoms in total. The molecule has 0 aliphatic heterocycles. The Kier molecular flexibility index (Phi) is 7.15. The monoisotopic (exact) mass is 725 g/mol. The maximum Gasteiger partial charge on any atom is 0.164 e. The minimum Gasteiger partial charge on any atom is -0.456 e. The van der Waals surface area contributed by atoms with E-state index in [1.807, 2.05) is 91.0 Å². The van der Waals surface area contributed by atoms with Gasteiger partial charge in [-0.2, -0.15) is 0 Å². The van der Waals surface area contributed by atoms with Crippen molar-refractivity contribution in [2.75, 3.05) is 0 Å². The van der Waals surface area contributed by atoms with E-state index in [0.29, 0.717) is 22.5 Å². The van der Waals surface area contributed by atoms with Crippen LogP contribution in [0.1, 0.15) is 0 Å². The molecule has 0 saturated heterocycles. The summed E-state index contributed by atoms with van der Waals surface area (Å²) in [7, 11) is 0. The number of rotatable bonds is 5. The van der Waals surface area contributed by atoms with Crippen LogP contribution in [0.2, 0.25) is 5.02 Å². The molecular formula is C49H28ClN3O2. The third-order valence-electron chi connectivity index (χ3n) is 10.4. The molecule has 0 radical (unpaired) electrons. The highest BCUT2D eigenvalue weighted by atomic mass is 35.5. The zero-order chi connectivity index (χ0) is 36.5. The van der Waals surface area contributed by atoms with Crippen LogP contribution in [0.5, 0.6) is 0 Å². The van der Waals surface area contributed by atoms with Gasteiger partial charge in [-0.1, -0.05) is 139 Å². The molecule has 0 aliphatic rings. The van der Waals surface area contributed by atoms with Gasteiger partial charge in [0.15, 0.2) is 17.5 Å². The molecule has 0 saturated carbocycles. The third kappa shape index (κ3) is 5.20. The lowest BCUT2D eigenvalue weighted by atomic mass is 9.93. The first kappa shape index (κ1) is 31.4. The number of hydrogen-bond donors (Lipinski definition) is 0. The third-order valence-corrected chi connectivity index (χ3v) is 10.7. The van der Waals surface area contributed by atoms with E-state index in [1.54, 1.807) is 0 Å². The van der Waals surface area contributed by atoms with Gasteiger partial charge in [0.2, 0.25) is 0 Å². The highest BCUT2D eigenvalue weighted by molar-refractivity contribution is 6.31. The van der Waals surface area contributed by atoms with Crippen molar-refractivity contribution in [1.29, 1.82) is 0 Å². The van der Waals surface area contributed by atoms with Crippen LogP contribution in [-0.4, -0.2) is 15.0 Å². The van der Waals surface area contributed by atoms with Gasteiger partial charge >= 0.3 is 0 Å². The Labute approximate surface area is 320 Å². The molecule has 0 fully saturated rings. The zero-order valence-corrected chi connectivity index (χ0v) is 30.0. The van der Waals surface area contributed by atoms with Crippen LogP contribution in [0.3, 0.4) is 0 Å². The lowest BCUT2D eigenvalue weighted by molar-refractivity contribution is 0.668. The summed E-state index contributed by atoms with van der Waals surface area (Å²) in [5.74, 6) is 1.81. The number of nitrogens with zero attached hydrogens (tertiary/aromatic N) is 3. The van der Waals surface area contributed by atoms with Crippen LogP contribution >= 0.6 is 11.6 Å². The largest absolute Gasteiger partial charge is 0.456 e. The second kappa shape index (κ2) is 12.5. The van der Waals surface area contributed by atoms with Gasteiger partial charge in [-0.15, -0.1) is 0 Å². The molecule has 258 valence electrons. The summed E-state index contributed by atoms with van der Waals surface area (Å²) >= 11 is 6.29. The number of furan rings is 2. The summed E-state index contributed by atoms with van der Waals surface area (Å²) in [5.41, 5.74) is 10.5. The zero-order valence-electron chi connectivity index (χ0n) is 29.2. The second-order valence-corrected chi connectivity index (χ2v) is 14.1. The molecule has 11 rings (SSSR count). The molecule has 3 aromatic heterocycles. The van der Waals surface area contributed by atoms with Crippen LogP contribution in [0.4, 0.5) is 0 Å². The minimum absolute atomic E-state index is 0.591. The average Bonchev–Trinajstić information content (AvgIpc) is 3.81. The highest BCUT2D eigenvalue weighted by Crippen LogP contribution is 2.41. The number of para-hydroxylation sites is 1. The van der Waals surface area contributed by atoms with Crippen molar-refractivity contribution < 1.29 is 8.83 Å².